The number of H-pyrrole nitrogens is 1. The van der Waals surface area contributed by atoms with Crippen molar-refractivity contribution in [3.63, 3.8) is 0 Å². The molecule has 0 aliphatic heterocycles. The summed E-state index contributed by atoms with van der Waals surface area (Å²) in [5.41, 5.74) is 1.19. The van der Waals surface area contributed by atoms with Crippen molar-refractivity contribution in [3.05, 3.63) is 30.0 Å². The van der Waals surface area contributed by atoms with Crippen LogP contribution >= 0.6 is 11.9 Å². The zero-order valence-corrected chi connectivity index (χ0v) is 16.6. The summed E-state index contributed by atoms with van der Waals surface area (Å²) >= 11 is 1.63. The van der Waals surface area contributed by atoms with E-state index < -0.39 is 6.10 Å². The molecule has 0 amide bonds. The fraction of sp³-hybridized carbons (Fsp3) is 0.526. The van der Waals surface area contributed by atoms with Crippen LogP contribution in [0.15, 0.2) is 24.3 Å². The lowest BCUT2D eigenvalue weighted by Gasteiger charge is -2.27. The van der Waals surface area contributed by atoms with Gasteiger partial charge in [-0.05, 0) is 44.7 Å². The standard InChI is InChI=1S/C19H28N2O4S/c1-5-13(3)21(26-4)11-14(22)12-25-18-9-7-8-16-15(18)10-17(20-16)19(23)24-6-2/h7-10,13-14,20,22H,5-6,11-12H2,1-4H3. The van der Waals surface area contributed by atoms with Gasteiger partial charge in [0.25, 0.3) is 0 Å². The lowest BCUT2D eigenvalue weighted by Crippen LogP contribution is -2.36. The molecule has 2 rings (SSSR count). The molecule has 2 atom stereocenters. The Balaban J connectivity index is 2.05. The van der Waals surface area contributed by atoms with Gasteiger partial charge in [0.2, 0.25) is 0 Å². The summed E-state index contributed by atoms with van der Waals surface area (Å²) in [5.74, 6) is 0.242. The van der Waals surface area contributed by atoms with Gasteiger partial charge in [-0.15, -0.1) is 0 Å². The maximum absolute atomic E-state index is 11.9. The average Bonchev–Trinajstić information content (AvgIpc) is 3.09. The second kappa shape index (κ2) is 9.85. The number of ether oxygens (including phenoxy) is 2. The van der Waals surface area contributed by atoms with E-state index >= 15 is 0 Å². The number of aliphatic hydroxyl groups excluding tert-OH is 1. The van der Waals surface area contributed by atoms with Crippen LogP contribution in [-0.2, 0) is 4.74 Å². The first-order chi connectivity index (χ1) is 12.5. The molecule has 0 fully saturated rings. The first-order valence-corrected chi connectivity index (χ1v) is 10.1. The normalized spacial score (nSPS) is 13.8. The molecule has 7 heteroatoms. The third-order valence-electron chi connectivity index (χ3n) is 4.26. The van der Waals surface area contributed by atoms with Crippen LogP contribution in [-0.4, -0.2) is 58.5 Å². The number of aromatic amines is 1. The molecule has 0 aliphatic carbocycles. The smallest absolute Gasteiger partial charge is 0.354 e. The number of carbonyl (C=O) groups is 1. The van der Waals surface area contributed by atoms with Crippen molar-refractivity contribution < 1.29 is 19.4 Å². The number of benzene rings is 1. The number of nitrogens with zero attached hydrogens (tertiary/aromatic N) is 1. The molecule has 1 heterocycles. The Hall–Kier alpha value is -1.70. The van der Waals surface area contributed by atoms with Crippen molar-refractivity contribution in [3.8, 4) is 5.75 Å². The summed E-state index contributed by atoms with van der Waals surface area (Å²) in [7, 11) is 0. The van der Waals surface area contributed by atoms with E-state index in [1.807, 2.05) is 24.5 Å². The molecule has 0 saturated carbocycles. The van der Waals surface area contributed by atoms with Crippen LogP contribution < -0.4 is 4.74 Å². The van der Waals surface area contributed by atoms with Crippen LogP contribution in [0.4, 0.5) is 0 Å². The van der Waals surface area contributed by atoms with Gasteiger partial charge in [-0.25, -0.2) is 9.10 Å². The number of fused-ring (bicyclic) bond motifs is 1. The van der Waals surface area contributed by atoms with Crippen LogP contribution in [0.1, 0.15) is 37.7 Å². The van der Waals surface area contributed by atoms with Crippen molar-refractivity contribution in [1.82, 2.24) is 9.29 Å². The highest BCUT2D eigenvalue weighted by atomic mass is 32.2. The number of aliphatic hydroxyl groups is 1. The zero-order chi connectivity index (χ0) is 19.1. The van der Waals surface area contributed by atoms with E-state index in [0.29, 0.717) is 30.6 Å². The van der Waals surface area contributed by atoms with E-state index in [1.165, 1.54) is 0 Å². The van der Waals surface area contributed by atoms with Crippen LogP contribution in [0.2, 0.25) is 0 Å². The summed E-state index contributed by atoms with van der Waals surface area (Å²) in [6.45, 7) is 7.09. The average molecular weight is 381 g/mol. The van der Waals surface area contributed by atoms with Gasteiger partial charge < -0.3 is 19.6 Å². The lowest BCUT2D eigenvalue weighted by molar-refractivity contribution is 0.0520. The summed E-state index contributed by atoms with van der Waals surface area (Å²) in [6.07, 6.45) is 2.43. The molecule has 2 N–H and O–H groups in total. The first kappa shape index (κ1) is 20.6. The maximum atomic E-state index is 11.9. The van der Waals surface area contributed by atoms with Gasteiger partial charge in [0.15, 0.2) is 0 Å². The van der Waals surface area contributed by atoms with Gasteiger partial charge in [-0.3, -0.25) is 0 Å². The minimum atomic E-state index is -0.602. The predicted octanol–water partition coefficient (Wildman–Crippen LogP) is 3.46. The van der Waals surface area contributed by atoms with Crippen LogP contribution in [0.5, 0.6) is 5.75 Å². The SMILES string of the molecule is CCOC(=O)c1cc2c(OCC(O)CN(SC)C(C)CC)cccc2[nH]1. The Bertz CT molecular complexity index is 719. The third-order valence-corrected chi connectivity index (χ3v) is 5.24. The highest BCUT2D eigenvalue weighted by molar-refractivity contribution is 7.96. The van der Waals surface area contributed by atoms with Crippen molar-refractivity contribution in [2.75, 3.05) is 26.0 Å². The zero-order valence-electron chi connectivity index (χ0n) is 15.8. The second-order valence-corrected chi connectivity index (χ2v) is 6.96. The molecule has 26 heavy (non-hydrogen) atoms. The summed E-state index contributed by atoms with van der Waals surface area (Å²) in [5, 5.41) is 11.1. The topological polar surface area (TPSA) is 74.8 Å². The molecule has 2 unspecified atom stereocenters. The molecular formula is C19H28N2O4S. The maximum Gasteiger partial charge on any atom is 0.354 e. The first-order valence-electron chi connectivity index (χ1n) is 8.90. The monoisotopic (exact) mass is 380 g/mol. The van der Waals surface area contributed by atoms with Gasteiger partial charge >= 0.3 is 5.97 Å². The molecule has 6 nitrogen and oxygen atoms in total. The highest BCUT2D eigenvalue weighted by Gasteiger charge is 2.17. The van der Waals surface area contributed by atoms with Gasteiger partial charge in [0.05, 0.1) is 6.61 Å². The molecule has 0 spiro atoms. The van der Waals surface area contributed by atoms with Crippen LogP contribution in [0.3, 0.4) is 0 Å². The second-order valence-electron chi connectivity index (χ2n) is 6.13. The van der Waals surface area contributed by atoms with Gasteiger partial charge in [-0.1, -0.05) is 24.9 Å². The Morgan fingerprint density at radius 2 is 2.15 bits per heavy atom. The highest BCUT2D eigenvalue weighted by Crippen LogP contribution is 2.27. The lowest BCUT2D eigenvalue weighted by atomic mass is 10.2. The Labute approximate surface area is 159 Å². The molecule has 144 valence electrons. The fourth-order valence-electron chi connectivity index (χ4n) is 2.66. The minimum Gasteiger partial charge on any atom is -0.490 e. The summed E-state index contributed by atoms with van der Waals surface area (Å²) in [4.78, 5) is 14.9. The van der Waals surface area contributed by atoms with Crippen molar-refractivity contribution in [2.45, 2.75) is 39.3 Å². The van der Waals surface area contributed by atoms with E-state index in [1.54, 1.807) is 24.9 Å². The molecule has 0 saturated heterocycles. The number of esters is 1. The molecule has 0 bridgehead atoms. The van der Waals surface area contributed by atoms with E-state index in [-0.39, 0.29) is 12.6 Å². The van der Waals surface area contributed by atoms with E-state index in [4.69, 9.17) is 9.47 Å². The van der Waals surface area contributed by atoms with Gasteiger partial charge in [-0.2, -0.15) is 0 Å². The third kappa shape index (κ3) is 5.16. The Kier molecular flexibility index (Phi) is 7.81. The molecule has 0 aliphatic rings. The Morgan fingerprint density at radius 3 is 2.81 bits per heavy atom. The molecule has 1 aromatic carbocycles. The quantitative estimate of drug-likeness (QED) is 0.486. The summed E-state index contributed by atoms with van der Waals surface area (Å²) in [6, 6.07) is 7.67. The Morgan fingerprint density at radius 1 is 1.38 bits per heavy atom. The largest absolute Gasteiger partial charge is 0.490 e. The van der Waals surface area contributed by atoms with Crippen molar-refractivity contribution in [1.29, 1.82) is 0 Å². The minimum absolute atomic E-state index is 0.187. The fourth-order valence-corrected chi connectivity index (χ4v) is 3.49. The number of nitrogens with one attached hydrogen (secondary N) is 1. The van der Waals surface area contributed by atoms with Gasteiger partial charge in [0, 0.05) is 23.5 Å². The number of hydrogen-bond acceptors (Lipinski definition) is 6. The molecular weight excluding hydrogens is 352 g/mol. The number of carbonyl (C=O) groups excluding carboxylic acids is 1. The molecule has 2 aromatic rings. The van der Waals surface area contributed by atoms with E-state index in [9.17, 15) is 9.90 Å². The molecule has 1 aromatic heterocycles. The van der Waals surface area contributed by atoms with Crippen molar-refractivity contribution >= 4 is 28.8 Å². The van der Waals surface area contributed by atoms with E-state index in [0.717, 1.165) is 17.3 Å². The van der Waals surface area contributed by atoms with Crippen LogP contribution in [0.25, 0.3) is 10.9 Å². The number of aromatic nitrogens is 1. The number of hydrogen-bond donors (Lipinski definition) is 2. The van der Waals surface area contributed by atoms with Crippen LogP contribution in [0, 0.1) is 0 Å². The van der Waals surface area contributed by atoms with Gasteiger partial charge in [0.1, 0.15) is 24.2 Å². The van der Waals surface area contributed by atoms with Crippen molar-refractivity contribution in [2.24, 2.45) is 0 Å². The molecule has 0 radical (unpaired) electrons. The van der Waals surface area contributed by atoms with E-state index in [2.05, 4.69) is 23.1 Å². The predicted molar refractivity (Wildman–Crippen MR) is 106 cm³/mol. The number of rotatable bonds is 10. The summed E-state index contributed by atoms with van der Waals surface area (Å²) < 4.78 is 13.0.